The van der Waals surface area contributed by atoms with Crippen molar-refractivity contribution in [2.75, 3.05) is 30.0 Å². The number of halogens is 1. The van der Waals surface area contributed by atoms with Crippen LogP contribution in [0.25, 0.3) is 6.08 Å². The molecular formula is C20H18BrN3O5. The Hall–Kier alpha value is -3.07. The van der Waals surface area contributed by atoms with Crippen molar-refractivity contribution in [2.24, 2.45) is 0 Å². The normalized spacial score (nSPS) is 18.6. The number of nitrogens with zero attached hydrogens (tertiary/aromatic N) is 2. The Labute approximate surface area is 175 Å². The minimum Gasteiger partial charge on any atom is -0.497 e. The van der Waals surface area contributed by atoms with Crippen molar-refractivity contribution in [3.05, 3.63) is 46.1 Å². The summed E-state index contributed by atoms with van der Waals surface area (Å²) in [5.41, 5.74) is 0.139. The van der Waals surface area contributed by atoms with E-state index in [1.54, 1.807) is 30.3 Å². The molecule has 8 nitrogen and oxygen atoms in total. The summed E-state index contributed by atoms with van der Waals surface area (Å²) in [7, 11) is 1.52. The number of hydrogen-bond acceptors (Lipinski definition) is 6. The molecule has 3 heterocycles. The summed E-state index contributed by atoms with van der Waals surface area (Å²) in [5, 5.41) is 2.20. The van der Waals surface area contributed by atoms with Gasteiger partial charge in [-0.25, -0.2) is 9.69 Å². The van der Waals surface area contributed by atoms with Crippen LogP contribution in [0.5, 0.6) is 5.75 Å². The van der Waals surface area contributed by atoms with Gasteiger partial charge in [-0.3, -0.25) is 14.9 Å². The molecule has 2 saturated heterocycles. The third kappa shape index (κ3) is 3.65. The lowest BCUT2D eigenvalue weighted by molar-refractivity contribution is -0.122. The van der Waals surface area contributed by atoms with E-state index in [2.05, 4.69) is 26.1 Å². The maximum atomic E-state index is 12.9. The number of urea groups is 1. The molecule has 1 N–H and O–H groups in total. The molecule has 9 heteroatoms. The first-order valence-corrected chi connectivity index (χ1v) is 9.87. The Balaban J connectivity index is 1.65. The predicted octanol–water partition coefficient (Wildman–Crippen LogP) is 3.32. The number of amides is 4. The number of barbiturate groups is 1. The number of rotatable bonds is 4. The molecule has 1 aromatic carbocycles. The van der Waals surface area contributed by atoms with E-state index in [9.17, 15) is 14.4 Å². The molecule has 0 bridgehead atoms. The van der Waals surface area contributed by atoms with Gasteiger partial charge >= 0.3 is 6.03 Å². The number of ether oxygens (including phenoxy) is 1. The zero-order chi connectivity index (χ0) is 20.5. The number of anilines is 2. The molecule has 29 heavy (non-hydrogen) atoms. The van der Waals surface area contributed by atoms with Crippen LogP contribution in [0.15, 0.2) is 44.8 Å². The van der Waals surface area contributed by atoms with Crippen LogP contribution in [0.4, 0.5) is 16.4 Å². The molecule has 2 aromatic rings. The van der Waals surface area contributed by atoms with Crippen molar-refractivity contribution in [1.29, 1.82) is 0 Å². The van der Waals surface area contributed by atoms with Crippen molar-refractivity contribution in [1.82, 2.24) is 5.32 Å². The Morgan fingerprint density at radius 1 is 1.14 bits per heavy atom. The van der Waals surface area contributed by atoms with Gasteiger partial charge in [-0.15, -0.1) is 0 Å². The standard InChI is InChI=1S/C20H18BrN3O5/c1-28-13-6-4-12(5-7-13)24-18(26)15(17(25)22-20(24)27)10-14-11-16(21)19(29-14)23-8-2-3-9-23/h4-7,10-11H,2-3,8-9H2,1H3,(H,22,25,27)/b15-10+. The number of hydrogen-bond donors (Lipinski definition) is 1. The largest absolute Gasteiger partial charge is 0.497 e. The van der Waals surface area contributed by atoms with Crippen LogP contribution >= 0.6 is 15.9 Å². The van der Waals surface area contributed by atoms with Crippen molar-refractivity contribution in [3.63, 3.8) is 0 Å². The highest BCUT2D eigenvalue weighted by atomic mass is 79.9. The number of imide groups is 2. The lowest BCUT2D eigenvalue weighted by atomic mass is 10.1. The molecule has 2 aliphatic rings. The second-order valence-electron chi connectivity index (χ2n) is 6.65. The topological polar surface area (TPSA) is 92.1 Å². The summed E-state index contributed by atoms with van der Waals surface area (Å²) in [6.45, 7) is 1.78. The fraction of sp³-hybridized carbons (Fsp3) is 0.250. The van der Waals surface area contributed by atoms with Crippen molar-refractivity contribution in [3.8, 4) is 5.75 Å². The van der Waals surface area contributed by atoms with Crippen LogP contribution < -0.4 is 19.9 Å². The SMILES string of the molecule is COc1ccc(N2C(=O)NC(=O)/C(=C\c3cc(Br)c(N4CCCC4)o3)C2=O)cc1. The quantitative estimate of drug-likeness (QED) is 0.556. The molecule has 0 saturated carbocycles. The molecule has 0 radical (unpaired) electrons. The smallest absolute Gasteiger partial charge is 0.335 e. The van der Waals surface area contributed by atoms with Gasteiger partial charge in [-0.2, -0.15) is 0 Å². The number of carbonyl (C=O) groups is 3. The predicted molar refractivity (Wildman–Crippen MR) is 110 cm³/mol. The number of furan rings is 1. The average molecular weight is 460 g/mol. The molecule has 4 amide bonds. The van der Waals surface area contributed by atoms with Crippen LogP contribution in [0.3, 0.4) is 0 Å². The Morgan fingerprint density at radius 3 is 2.48 bits per heavy atom. The van der Waals surface area contributed by atoms with Crippen LogP contribution in [0, 0.1) is 0 Å². The molecular weight excluding hydrogens is 442 g/mol. The second-order valence-corrected chi connectivity index (χ2v) is 7.51. The van der Waals surface area contributed by atoms with E-state index >= 15 is 0 Å². The highest BCUT2D eigenvalue weighted by Crippen LogP contribution is 2.34. The minimum absolute atomic E-state index is 0.186. The molecule has 2 aliphatic heterocycles. The van der Waals surface area contributed by atoms with Crippen molar-refractivity contribution in [2.45, 2.75) is 12.8 Å². The molecule has 0 unspecified atom stereocenters. The maximum absolute atomic E-state index is 12.9. The zero-order valence-electron chi connectivity index (χ0n) is 15.6. The summed E-state index contributed by atoms with van der Waals surface area (Å²) in [5.74, 6) is 0.113. The Kier molecular flexibility index (Phi) is 5.14. The van der Waals surface area contributed by atoms with Gasteiger partial charge in [0.15, 0.2) is 0 Å². The van der Waals surface area contributed by atoms with Crippen LogP contribution in [0.1, 0.15) is 18.6 Å². The van der Waals surface area contributed by atoms with E-state index in [0.717, 1.165) is 35.3 Å². The third-order valence-electron chi connectivity index (χ3n) is 4.80. The number of methoxy groups -OCH3 is 1. The van der Waals surface area contributed by atoms with Gasteiger partial charge in [-0.1, -0.05) is 0 Å². The van der Waals surface area contributed by atoms with Crippen molar-refractivity contribution >= 4 is 51.4 Å². The fourth-order valence-corrected chi connectivity index (χ4v) is 3.91. The zero-order valence-corrected chi connectivity index (χ0v) is 17.2. The van der Waals surface area contributed by atoms with E-state index in [-0.39, 0.29) is 5.57 Å². The molecule has 0 spiro atoms. The fourth-order valence-electron chi connectivity index (χ4n) is 3.35. The molecule has 4 rings (SSSR count). The van der Waals surface area contributed by atoms with Crippen LogP contribution in [-0.2, 0) is 9.59 Å². The van der Waals surface area contributed by atoms with Gasteiger partial charge in [0, 0.05) is 19.2 Å². The first kappa shape index (κ1) is 19.3. The highest BCUT2D eigenvalue weighted by Gasteiger charge is 2.37. The van der Waals surface area contributed by atoms with E-state index in [1.165, 1.54) is 13.2 Å². The summed E-state index contributed by atoms with van der Waals surface area (Å²) in [4.78, 5) is 40.5. The average Bonchev–Trinajstić information content (AvgIpc) is 3.35. The lowest BCUT2D eigenvalue weighted by Crippen LogP contribution is -2.54. The van der Waals surface area contributed by atoms with Gasteiger partial charge in [0.25, 0.3) is 11.8 Å². The summed E-state index contributed by atoms with van der Waals surface area (Å²) >= 11 is 3.47. The third-order valence-corrected chi connectivity index (χ3v) is 5.37. The number of benzene rings is 1. The van der Waals surface area contributed by atoms with E-state index in [4.69, 9.17) is 9.15 Å². The van der Waals surface area contributed by atoms with Crippen LogP contribution in [0.2, 0.25) is 0 Å². The first-order valence-electron chi connectivity index (χ1n) is 9.07. The summed E-state index contributed by atoms with van der Waals surface area (Å²) < 4.78 is 11.7. The number of carbonyl (C=O) groups excluding carboxylic acids is 3. The molecule has 1 aromatic heterocycles. The Morgan fingerprint density at radius 2 is 1.83 bits per heavy atom. The molecule has 2 fully saturated rings. The van der Waals surface area contributed by atoms with Crippen molar-refractivity contribution < 1.29 is 23.5 Å². The monoisotopic (exact) mass is 459 g/mol. The minimum atomic E-state index is -0.805. The van der Waals surface area contributed by atoms with Gasteiger partial charge in [-0.05, 0) is 59.1 Å². The molecule has 0 atom stereocenters. The van der Waals surface area contributed by atoms with Gasteiger partial charge < -0.3 is 14.1 Å². The number of nitrogens with one attached hydrogen (secondary N) is 1. The molecule has 150 valence electrons. The van der Waals surface area contributed by atoms with Gasteiger partial charge in [0.1, 0.15) is 17.1 Å². The highest BCUT2D eigenvalue weighted by molar-refractivity contribution is 9.10. The Bertz CT molecular complexity index is 1010. The lowest BCUT2D eigenvalue weighted by Gasteiger charge is -2.26. The van der Waals surface area contributed by atoms with E-state index < -0.39 is 17.8 Å². The van der Waals surface area contributed by atoms with Gasteiger partial charge in [0.2, 0.25) is 5.88 Å². The summed E-state index contributed by atoms with van der Waals surface area (Å²) in [6.07, 6.45) is 3.53. The second kappa shape index (κ2) is 7.75. The first-order chi connectivity index (χ1) is 14.0. The maximum Gasteiger partial charge on any atom is 0.335 e. The molecule has 0 aliphatic carbocycles. The van der Waals surface area contributed by atoms with Crippen LogP contribution in [-0.4, -0.2) is 38.0 Å². The summed E-state index contributed by atoms with van der Waals surface area (Å²) in [6, 6.07) is 7.29. The van der Waals surface area contributed by atoms with E-state index in [1.807, 2.05) is 0 Å². The van der Waals surface area contributed by atoms with E-state index in [0.29, 0.717) is 23.1 Å². The van der Waals surface area contributed by atoms with Gasteiger partial charge in [0.05, 0.1) is 17.3 Å².